The Morgan fingerprint density at radius 2 is 1.79 bits per heavy atom. The molecular weight excluding hydrogens is 398 g/mol. The molecule has 1 aromatic rings. The predicted octanol–water partition coefficient (Wildman–Crippen LogP) is 4.83. The summed E-state index contributed by atoms with van der Waals surface area (Å²) in [5.41, 5.74) is 0.711. The van der Waals surface area contributed by atoms with Gasteiger partial charge in [-0.3, -0.25) is 9.59 Å². The van der Waals surface area contributed by atoms with Crippen molar-refractivity contribution in [1.82, 2.24) is 5.32 Å². The highest BCUT2D eigenvalue weighted by Gasteiger charge is 2.28. The van der Waals surface area contributed by atoms with Crippen molar-refractivity contribution < 1.29 is 29.0 Å². The maximum Gasteiger partial charge on any atom is 0.410 e. The fraction of sp³-hybridized carbons (Fsp3) is 0.571. The molecule has 7 nitrogen and oxygen atoms in total. The van der Waals surface area contributed by atoms with Crippen LogP contribution in [0.4, 0.5) is 4.79 Å². The molecule has 0 heterocycles. The summed E-state index contributed by atoms with van der Waals surface area (Å²) >= 11 is 5.90. The van der Waals surface area contributed by atoms with E-state index in [0.717, 1.165) is 25.7 Å². The number of benzene rings is 1. The van der Waals surface area contributed by atoms with Crippen LogP contribution in [0.5, 0.6) is 0 Å². The predicted molar refractivity (Wildman–Crippen MR) is 107 cm³/mol. The van der Waals surface area contributed by atoms with Gasteiger partial charge >= 0.3 is 18.0 Å². The first-order valence-electron chi connectivity index (χ1n) is 10.0. The highest BCUT2D eigenvalue weighted by molar-refractivity contribution is 6.30. The fourth-order valence-electron chi connectivity index (χ4n) is 3.35. The van der Waals surface area contributed by atoms with Crippen molar-refractivity contribution in [2.45, 2.75) is 70.6 Å². The molecule has 1 saturated carbocycles. The number of hydrogen-bond acceptors (Lipinski definition) is 5. The zero-order chi connectivity index (χ0) is 21.2. The average Bonchev–Trinajstić information content (AvgIpc) is 3.21. The lowest BCUT2D eigenvalue weighted by molar-refractivity contribution is -0.173. The number of halogens is 1. The number of alkyl carbamates (subject to hydrolysis) is 1. The van der Waals surface area contributed by atoms with Crippen molar-refractivity contribution in [3.05, 3.63) is 34.9 Å². The number of carbonyl (C=O) groups excluding carboxylic acids is 2. The molecule has 1 aliphatic carbocycles. The van der Waals surface area contributed by atoms with E-state index in [1.165, 1.54) is 0 Å². The minimum atomic E-state index is -0.964. The van der Waals surface area contributed by atoms with Crippen molar-refractivity contribution >= 4 is 29.6 Å². The van der Waals surface area contributed by atoms with Gasteiger partial charge in [0.15, 0.2) is 0 Å². The number of hydrogen-bond donors (Lipinski definition) is 2. The van der Waals surface area contributed by atoms with Crippen molar-refractivity contribution in [3.63, 3.8) is 0 Å². The number of carboxylic acids is 1. The molecule has 160 valence electrons. The van der Waals surface area contributed by atoms with E-state index in [-0.39, 0.29) is 24.7 Å². The van der Waals surface area contributed by atoms with E-state index in [9.17, 15) is 14.4 Å². The van der Waals surface area contributed by atoms with Crippen LogP contribution < -0.4 is 5.32 Å². The molecule has 0 radical (unpaired) electrons. The van der Waals surface area contributed by atoms with Crippen LogP contribution in [0.15, 0.2) is 24.3 Å². The second kappa shape index (κ2) is 11.7. The molecule has 0 spiro atoms. The number of nitrogens with one attached hydrogen (secondary N) is 1. The number of rotatable bonds is 10. The van der Waals surface area contributed by atoms with Crippen LogP contribution in [0.3, 0.4) is 0 Å². The standard InChI is InChI=1S/C21H28ClNO6/c1-2-5-19(28-20(26)15-6-3-4-7-15)29-21(27)23-17(12-13-18(24)25)14-8-10-16(22)11-9-14/h8-11,15,17,19H,2-7,12-13H2,1H3,(H,23,27)(H,24,25). The van der Waals surface area contributed by atoms with Gasteiger partial charge in [0.05, 0.1) is 12.0 Å². The molecule has 2 unspecified atom stereocenters. The Morgan fingerprint density at radius 3 is 2.38 bits per heavy atom. The molecule has 2 atom stereocenters. The number of aliphatic carboxylic acids is 1. The first-order chi connectivity index (χ1) is 13.9. The Morgan fingerprint density at radius 1 is 1.14 bits per heavy atom. The summed E-state index contributed by atoms with van der Waals surface area (Å²) in [4.78, 5) is 35.6. The summed E-state index contributed by atoms with van der Waals surface area (Å²) in [6, 6.07) is 6.21. The zero-order valence-corrected chi connectivity index (χ0v) is 17.3. The van der Waals surface area contributed by atoms with Gasteiger partial charge in [-0.25, -0.2) is 4.79 Å². The van der Waals surface area contributed by atoms with Gasteiger partial charge in [0.2, 0.25) is 6.29 Å². The van der Waals surface area contributed by atoms with Gasteiger partial charge < -0.3 is 19.9 Å². The van der Waals surface area contributed by atoms with Gasteiger partial charge in [0.1, 0.15) is 0 Å². The van der Waals surface area contributed by atoms with E-state index in [0.29, 0.717) is 23.4 Å². The smallest absolute Gasteiger partial charge is 0.410 e. The van der Waals surface area contributed by atoms with Crippen LogP contribution in [-0.2, 0) is 19.1 Å². The molecule has 29 heavy (non-hydrogen) atoms. The lowest BCUT2D eigenvalue weighted by Gasteiger charge is -2.23. The summed E-state index contributed by atoms with van der Waals surface area (Å²) in [5.74, 6) is -1.42. The van der Waals surface area contributed by atoms with E-state index in [4.69, 9.17) is 26.2 Å². The Bertz CT molecular complexity index is 687. The van der Waals surface area contributed by atoms with E-state index in [1.807, 2.05) is 6.92 Å². The molecular formula is C21H28ClNO6. The van der Waals surface area contributed by atoms with Gasteiger partial charge in [0.25, 0.3) is 0 Å². The lowest BCUT2D eigenvalue weighted by atomic mass is 10.0. The molecule has 1 aromatic carbocycles. The monoisotopic (exact) mass is 425 g/mol. The van der Waals surface area contributed by atoms with Gasteiger partial charge in [-0.05, 0) is 43.4 Å². The number of ether oxygens (including phenoxy) is 2. The molecule has 2 rings (SSSR count). The second-order valence-electron chi connectivity index (χ2n) is 7.22. The van der Waals surface area contributed by atoms with Gasteiger partial charge in [-0.1, -0.05) is 43.5 Å². The number of carboxylic acid groups (broad SMARTS) is 1. The maximum absolute atomic E-state index is 12.4. The van der Waals surface area contributed by atoms with Crippen molar-refractivity contribution in [2.24, 2.45) is 5.92 Å². The SMILES string of the molecule is CCCC(OC(=O)NC(CCC(=O)O)c1ccc(Cl)cc1)OC(=O)C1CCCC1. The van der Waals surface area contributed by atoms with Gasteiger partial charge in [-0.2, -0.15) is 0 Å². The Kier molecular flexibility index (Phi) is 9.25. The lowest BCUT2D eigenvalue weighted by Crippen LogP contribution is -2.35. The molecule has 1 aliphatic rings. The molecule has 0 aliphatic heterocycles. The van der Waals surface area contributed by atoms with Crippen LogP contribution in [0, 0.1) is 5.92 Å². The minimum absolute atomic E-state index is 0.122. The van der Waals surface area contributed by atoms with E-state index in [2.05, 4.69) is 5.32 Å². The molecule has 1 fully saturated rings. The van der Waals surface area contributed by atoms with Crippen molar-refractivity contribution in [3.8, 4) is 0 Å². The quantitative estimate of drug-likeness (QED) is 0.411. The van der Waals surface area contributed by atoms with E-state index >= 15 is 0 Å². The summed E-state index contributed by atoms with van der Waals surface area (Å²) in [6.07, 6.45) is 3.04. The molecule has 1 amide bonds. The maximum atomic E-state index is 12.4. The third-order valence-electron chi connectivity index (χ3n) is 4.91. The normalized spacial score (nSPS) is 16.1. The third-order valence-corrected chi connectivity index (χ3v) is 5.16. The van der Waals surface area contributed by atoms with E-state index in [1.54, 1.807) is 24.3 Å². The summed E-state index contributed by atoms with van der Waals surface area (Å²) in [5, 5.41) is 12.2. The molecule has 0 bridgehead atoms. The topological polar surface area (TPSA) is 102 Å². The summed E-state index contributed by atoms with van der Waals surface area (Å²) in [6.45, 7) is 1.90. The van der Waals surface area contributed by atoms with Crippen molar-refractivity contribution in [2.75, 3.05) is 0 Å². The highest BCUT2D eigenvalue weighted by Crippen LogP contribution is 2.27. The fourth-order valence-corrected chi connectivity index (χ4v) is 3.47. The zero-order valence-electron chi connectivity index (χ0n) is 16.6. The Balaban J connectivity index is 1.98. The third kappa shape index (κ3) is 7.93. The Labute approximate surface area is 175 Å². The Hall–Kier alpha value is -2.28. The van der Waals surface area contributed by atoms with Crippen LogP contribution in [0.25, 0.3) is 0 Å². The number of amides is 1. The molecule has 2 N–H and O–H groups in total. The minimum Gasteiger partial charge on any atom is -0.481 e. The number of carbonyl (C=O) groups is 3. The van der Waals surface area contributed by atoms with Crippen LogP contribution >= 0.6 is 11.6 Å². The molecule has 8 heteroatoms. The largest absolute Gasteiger partial charge is 0.481 e. The average molecular weight is 426 g/mol. The molecule has 0 saturated heterocycles. The summed E-state index contributed by atoms with van der Waals surface area (Å²) < 4.78 is 10.8. The van der Waals surface area contributed by atoms with Crippen molar-refractivity contribution in [1.29, 1.82) is 0 Å². The van der Waals surface area contributed by atoms with Gasteiger partial charge in [-0.15, -0.1) is 0 Å². The first kappa shape index (κ1) is 23.0. The van der Waals surface area contributed by atoms with Crippen LogP contribution in [-0.4, -0.2) is 29.4 Å². The summed E-state index contributed by atoms with van der Waals surface area (Å²) in [7, 11) is 0. The van der Waals surface area contributed by atoms with E-state index < -0.39 is 24.4 Å². The highest BCUT2D eigenvalue weighted by atomic mass is 35.5. The molecule has 0 aromatic heterocycles. The second-order valence-corrected chi connectivity index (χ2v) is 7.66. The van der Waals surface area contributed by atoms with Crippen LogP contribution in [0.1, 0.15) is 69.9 Å². The van der Waals surface area contributed by atoms with Gasteiger partial charge in [0, 0.05) is 17.9 Å². The first-order valence-corrected chi connectivity index (χ1v) is 10.4. The number of esters is 1. The van der Waals surface area contributed by atoms with Crippen LogP contribution in [0.2, 0.25) is 5.02 Å².